The molecule has 9 heteroatoms. The molecule has 3 aromatic carbocycles. The van der Waals surface area contributed by atoms with Gasteiger partial charge in [-0.3, -0.25) is 0 Å². The number of benzene rings is 3. The van der Waals surface area contributed by atoms with E-state index in [1.165, 1.54) is 30.0 Å². The first-order valence-corrected chi connectivity index (χ1v) is 13.0. The summed E-state index contributed by atoms with van der Waals surface area (Å²) in [7, 11) is -6.10. The van der Waals surface area contributed by atoms with Gasteiger partial charge in [0.05, 0.1) is 9.79 Å². The third kappa shape index (κ3) is 5.51. The predicted octanol–water partition coefficient (Wildman–Crippen LogP) is 6.60. The second-order valence-electron chi connectivity index (χ2n) is 7.98. The van der Waals surface area contributed by atoms with Crippen molar-refractivity contribution in [1.82, 2.24) is 0 Å². The minimum atomic E-state index is -6.09. The molecule has 1 aliphatic heterocycles. The third-order valence-electron chi connectivity index (χ3n) is 4.60. The van der Waals surface area contributed by atoms with E-state index in [0.717, 1.165) is 0 Å². The molecule has 3 aromatic rings. The van der Waals surface area contributed by atoms with E-state index in [1.54, 1.807) is 0 Å². The fourth-order valence-electron chi connectivity index (χ4n) is 2.99. The van der Waals surface area contributed by atoms with E-state index in [4.69, 9.17) is 13.0 Å². The molecular formula is C23H21F3O3S3. The van der Waals surface area contributed by atoms with Crippen LogP contribution in [0.1, 0.15) is 26.3 Å². The van der Waals surface area contributed by atoms with Crippen molar-refractivity contribution < 1.29 is 26.1 Å². The molecule has 0 spiro atoms. The fraction of sp³-hybridized carbons (Fsp3) is 0.217. The van der Waals surface area contributed by atoms with Gasteiger partial charge in [-0.1, -0.05) is 68.9 Å². The molecule has 32 heavy (non-hydrogen) atoms. The zero-order valence-corrected chi connectivity index (χ0v) is 20.0. The molecule has 0 aliphatic carbocycles. The van der Waals surface area contributed by atoms with Crippen LogP contribution in [0.3, 0.4) is 0 Å². The molecule has 0 radical (unpaired) electrons. The van der Waals surface area contributed by atoms with Crippen molar-refractivity contribution in [1.29, 1.82) is 0 Å². The lowest BCUT2D eigenvalue weighted by Gasteiger charge is -2.21. The van der Waals surface area contributed by atoms with E-state index in [-0.39, 0.29) is 16.3 Å². The first-order valence-electron chi connectivity index (χ1n) is 9.52. The lowest BCUT2D eigenvalue weighted by atomic mass is 9.87. The molecule has 0 atom stereocenters. The first kappa shape index (κ1) is 24.7. The Morgan fingerprint density at radius 1 is 0.781 bits per heavy atom. The van der Waals surface area contributed by atoms with Gasteiger partial charge in [0.15, 0.2) is 24.8 Å². The van der Waals surface area contributed by atoms with Crippen molar-refractivity contribution in [3.63, 3.8) is 0 Å². The lowest BCUT2D eigenvalue weighted by Crippen LogP contribution is -2.21. The van der Waals surface area contributed by atoms with Gasteiger partial charge in [-0.05, 0) is 47.4 Å². The van der Waals surface area contributed by atoms with Gasteiger partial charge in [0.1, 0.15) is 10.9 Å². The van der Waals surface area contributed by atoms with E-state index < -0.39 is 15.6 Å². The summed E-state index contributed by atoms with van der Waals surface area (Å²) >= 11 is 1.90. The minimum absolute atomic E-state index is 0.0138. The van der Waals surface area contributed by atoms with Crippen LogP contribution in [0.2, 0.25) is 0 Å². The van der Waals surface area contributed by atoms with Gasteiger partial charge < -0.3 is 4.55 Å². The van der Waals surface area contributed by atoms with E-state index in [0.29, 0.717) is 0 Å². The summed E-state index contributed by atoms with van der Waals surface area (Å²) in [6.45, 7) is 6.81. The Morgan fingerprint density at radius 2 is 1.19 bits per heavy atom. The molecule has 0 amide bonds. The summed E-state index contributed by atoms with van der Waals surface area (Å²) in [5.41, 5.74) is -4.06. The van der Waals surface area contributed by atoms with Crippen LogP contribution in [0.15, 0.2) is 97.3 Å². The third-order valence-corrected chi connectivity index (χ3v) is 8.91. The van der Waals surface area contributed by atoms with Crippen LogP contribution >= 0.6 is 11.8 Å². The molecule has 0 N–H and O–H groups in total. The quantitative estimate of drug-likeness (QED) is 0.169. The number of rotatable bonds is 1. The van der Waals surface area contributed by atoms with Gasteiger partial charge >= 0.3 is 5.51 Å². The summed E-state index contributed by atoms with van der Waals surface area (Å²) in [5.74, 6) is 0. The second kappa shape index (κ2) is 9.13. The summed E-state index contributed by atoms with van der Waals surface area (Å²) in [4.78, 5) is 7.08. The molecule has 1 aliphatic rings. The van der Waals surface area contributed by atoms with Crippen LogP contribution in [0.25, 0.3) is 0 Å². The monoisotopic (exact) mass is 498 g/mol. The van der Waals surface area contributed by atoms with Crippen molar-refractivity contribution in [3.05, 3.63) is 78.4 Å². The number of hydrogen-bond donors (Lipinski definition) is 0. The van der Waals surface area contributed by atoms with Crippen LogP contribution in [-0.2, 0) is 26.4 Å². The molecule has 0 saturated heterocycles. The second-order valence-corrected chi connectivity index (χ2v) is 12.4. The average Bonchev–Trinajstić information content (AvgIpc) is 2.70. The fourth-order valence-corrected chi connectivity index (χ4v) is 6.73. The topological polar surface area (TPSA) is 57.2 Å². The minimum Gasteiger partial charge on any atom is -0.741 e. The maximum absolute atomic E-state index is 10.7. The van der Waals surface area contributed by atoms with Crippen molar-refractivity contribution in [2.75, 3.05) is 0 Å². The van der Waals surface area contributed by atoms with Gasteiger partial charge in [0, 0.05) is 0 Å². The Balaban J connectivity index is 0.000000312. The molecule has 1 heterocycles. The molecule has 0 aromatic heterocycles. The average molecular weight is 499 g/mol. The summed E-state index contributed by atoms with van der Waals surface area (Å²) in [6, 6.07) is 26.9. The summed E-state index contributed by atoms with van der Waals surface area (Å²) in [5, 5.41) is 0. The Labute approximate surface area is 193 Å². The molecule has 3 nitrogen and oxygen atoms in total. The van der Waals surface area contributed by atoms with Gasteiger partial charge in [-0.25, -0.2) is 8.42 Å². The highest BCUT2D eigenvalue weighted by molar-refractivity contribution is 8.04. The smallest absolute Gasteiger partial charge is 0.485 e. The largest absolute Gasteiger partial charge is 0.741 e. The van der Waals surface area contributed by atoms with Crippen molar-refractivity contribution >= 4 is 32.8 Å². The normalized spacial score (nSPS) is 14.1. The van der Waals surface area contributed by atoms with Gasteiger partial charge in [0.25, 0.3) is 0 Å². The van der Waals surface area contributed by atoms with Crippen LogP contribution < -0.4 is 0 Å². The molecule has 0 bridgehead atoms. The SMILES string of the molecule is CC(C)(C)c1ccc([S+]2c3ccccc3Sc3ccccc32)cc1.O=S(=O)([O-])C(F)(F)F. The van der Waals surface area contributed by atoms with E-state index in [2.05, 4.69) is 93.6 Å². The predicted molar refractivity (Wildman–Crippen MR) is 120 cm³/mol. The molecule has 0 saturated carbocycles. The van der Waals surface area contributed by atoms with E-state index in [9.17, 15) is 13.2 Å². The Bertz CT molecular complexity index is 1150. The van der Waals surface area contributed by atoms with Crippen molar-refractivity contribution in [2.45, 2.75) is 56.2 Å². The van der Waals surface area contributed by atoms with Crippen LogP contribution in [0, 0.1) is 0 Å². The number of hydrogen-bond acceptors (Lipinski definition) is 4. The standard InChI is InChI=1S/C22H21S2.CHF3O3S/c1-22(2,3)16-12-14-17(15-13-16)24-20-10-6-4-8-18(20)23-19-9-5-7-11-21(19)24;2-1(3,4)8(5,6)7/h4-15H,1-3H3;(H,5,6,7)/q+1;/p-1. The first-order chi connectivity index (χ1) is 14.8. The molecule has 170 valence electrons. The van der Waals surface area contributed by atoms with Crippen LogP contribution in [0.4, 0.5) is 13.2 Å². The Morgan fingerprint density at radius 3 is 1.56 bits per heavy atom. The summed E-state index contributed by atoms with van der Waals surface area (Å²) < 4.78 is 58.9. The maximum atomic E-state index is 10.7. The van der Waals surface area contributed by atoms with Crippen molar-refractivity contribution in [2.24, 2.45) is 0 Å². The Hall–Kier alpha value is -1.94. The van der Waals surface area contributed by atoms with Gasteiger partial charge in [-0.2, -0.15) is 13.2 Å². The molecule has 0 fully saturated rings. The number of fused-ring (bicyclic) bond motifs is 2. The van der Waals surface area contributed by atoms with Crippen LogP contribution in [0.5, 0.6) is 0 Å². The lowest BCUT2D eigenvalue weighted by molar-refractivity contribution is -0.0517. The highest BCUT2D eigenvalue weighted by Gasteiger charge is 2.38. The zero-order chi connectivity index (χ0) is 23.7. The molecule has 0 unspecified atom stereocenters. The molecular weight excluding hydrogens is 477 g/mol. The maximum Gasteiger partial charge on any atom is 0.485 e. The van der Waals surface area contributed by atoms with Gasteiger partial charge in [-0.15, -0.1) is 0 Å². The number of alkyl halides is 3. The van der Waals surface area contributed by atoms with Crippen molar-refractivity contribution in [3.8, 4) is 0 Å². The number of halogens is 3. The highest BCUT2D eigenvalue weighted by atomic mass is 32.2. The van der Waals surface area contributed by atoms with Crippen LogP contribution in [-0.4, -0.2) is 18.5 Å². The molecule has 4 rings (SSSR count). The van der Waals surface area contributed by atoms with Gasteiger partial charge in [0.2, 0.25) is 0 Å². The zero-order valence-electron chi connectivity index (χ0n) is 17.5. The Kier molecular flexibility index (Phi) is 7.05. The highest BCUT2D eigenvalue weighted by Crippen LogP contribution is 2.48. The van der Waals surface area contributed by atoms with E-state index in [1.807, 2.05) is 11.8 Å². The van der Waals surface area contributed by atoms with E-state index >= 15 is 0 Å². The summed E-state index contributed by atoms with van der Waals surface area (Å²) in [6.07, 6.45) is 0.